The predicted octanol–water partition coefficient (Wildman–Crippen LogP) is -0.398. The number of fused-ring (bicyclic) bond motifs is 1. The highest BCUT2D eigenvalue weighted by Crippen LogP contribution is 2.25. The molecule has 0 radical (unpaired) electrons. The lowest BCUT2D eigenvalue weighted by atomic mass is 10.1. The van der Waals surface area contributed by atoms with Gasteiger partial charge in [0.05, 0.1) is 11.8 Å². The van der Waals surface area contributed by atoms with E-state index in [9.17, 15) is 22.4 Å². The second kappa shape index (κ2) is 8.50. The maximum absolute atomic E-state index is 13.7. The van der Waals surface area contributed by atoms with Crippen molar-refractivity contribution in [3.05, 3.63) is 29.8 Å². The Morgan fingerprint density at radius 1 is 1.46 bits per heavy atom. The number of nitrogens with zero attached hydrogens (tertiary/aromatic N) is 3. The van der Waals surface area contributed by atoms with Gasteiger partial charge in [-0.15, -0.1) is 0 Å². The number of halogens is 1. The number of aromatic nitrogens is 1. The summed E-state index contributed by atoms with van der Waals surface area (Å²) < 4.78 is 44.5. The molecule has 2 amide bonds. The van der Waals surface area contributed by atoms with Crippen LogP contribution in [-0.4, -0.2) is 85.6 Å². The average Bonchev–Trinajstić information content (AvgIpc) is 3.02. The molecule has 0 spiro atoms. The van der Waals surface area contributed by atoms with Crippen molar-refractivity contribution in [3.63, 3.8) is 0 Å². The molecule has 2 atom stereocenters. The Balaban J connectivity index is 1.69. The molecule has 0 aliphatic carbocycles. The molecular formula is C17H23FN4O5S. The van der Waals surface area contributed by atoms with Gasteiger partial charge in [-0.3, -0.25) is 14.5 Å². The second-order valence-corrected chi connectivity index (χ2v) is 8.84. The minimum absolute atomic E-state index is 0.0650. The van der Waals surface area contributed by atoms with E-state index in [1.165, 1.54) is 19.4 Å². The lowest BCUT2D eigenvalue weighted by molar-refractivity contribution is -0.130. The van der Waals surface area contributed by atoms with Gasteiger partial charge in [-0.25, -0.2) is 22.1 Å². The Morgan fingerprint density at radius 2 is 2.25 bits per heavy atom. The number of hydrogen-bond donors (Lipinski definition) is 1. The van der Waals surface area contributed by atoms with Crippen LogP contribution in [0.25, 0.3) is 0 Å². The Morgan fingerprint density at radius 3 is 2.96 bits per heavy atom. The monoisotopic (exact) mass is 414 g/mol. The number of carbonyl (C=O) groups is 2. The van der Waals surface area contributed by atoms with Crippen molar-refractivity contribution in [2.24, 2.45) is 0 Å². The van der Waals surface area contributed by atoms with Gasteiger partial charge >= 0.3 is 0 Å². The molecule has 154 valence electrons. The molecule has 3 heterocycles. The Hall–Kier alpha value is -2.11. The Kier molecular flexibility index (Phi) is 6.26. The average molecular weight is 414 g/mol. The first-order valence-corrected chi connectivity index (χ1v) is 10.6. The predicted molar refractivity (Wildman–Crippen MR) is 97.4 cm³/mol. The maximum Gasteiger partial charge on any atom is 0.273 e. The third-order valence-corrected chi connectivity index (χ3v) is 6.66. The van der Waals surface area contributed by atoms with Gasteiger partial charge in [-0.05, 0) is 25.0 Å². The van der Waals surface area contributed by atoms with Crippen LogP contribution in [0, 0.1) is 5.82 Å². The minimum atomic E-state index is -3.68. The van der Waals surface area contributed by atoms with Gasteiger partial charge in [0, 0.05) is 45.6 Å². The van der Waals surface area contributed by atoms with Crippen LogP contribution in [0.3, 0.4) is 0 Å². The number of sulfonamides is 1. The van der Waals surface area contributed by atoms with E-state index >= 15 is 0 Å². The van der Waals surface area contributed by atoms with E-state index in [1.807, 2.05) is 0 Å². The summed E-state index contributed by atoms with van der Waals surface area (Å²) >= 11 is 0. The van der Waals surface area contributed by atoms with E-state index in [1.54, 1.807) is 4.90 Å². The van der Waals surface area contributed by atoms with Gasteiger partial charge in [0.2, 0.25) is 10.0 Å². The minimum Gasteiger partial charge on any atom is -0.385 e. The highest BCUT2D eigenvalue weighted by molar-refractivity contribution is 7.89. The zero-order chi connectivity index (χ0) is 20.3. The molecular weight excluding hydrogens is 391 g/mol. The van der Waals surface area contributed by atoms with Crippen molar-refractivity contribution >= 4 is 21.8 Å². The molecule has 2 fully saturated rings. The van der Waals surface area contributed by atoms with Crippen LogP contribution < -0.4 is 5.32 Å². The van der Waals surface area contributed by atoms with Crippen molar-refractivity contribution in [1.29, 1.82) is 0 Å². The van der Waals surface area contributed by atoms with Crippen molar-refractivity contribution in [2.75, 3.05) is 39.1 Å². The van der Waals surface area contributed by atoms with Crippen LogP contribution >= 0.6 is 0 Å². The smallest absolute Gasteiger partial charge is 0.273 e. The van der Waals surface area contributed by atoms with Gasteiger partial charge in [-0.1, -0.05) is 0 Å². The third-order valence-electron chi connectivity index (χ3n) is 4.92. The first-order chi connectivity index (χ1) is 13.3. The van der Waals surface area contributed by atoms with Gasteiger partial charge in [0.15, 0.2) is 11.5 Å². The van der Waals surface area contributed by atoms with Gasteiger partial charge in [-0.2, -0.15) is 0 Å². The quantitative estimate of drug-likeness (QED) is 0.631. The Bertz CT molecular complexity index is 850. The standard InChI is InChI=1S/C17H23FN4O5S/c1-27-8-3-6-22-17(24)14-10-12(11-21(14)7-9-28(22,25)26)20-16(23)15-13(18)4-2-5-19-15/h2,4-5,12,14H,3,6-11H2,1H3,(H,20,23)/t12-,14-/m0/s1. The third kappa shape index (κ3) is 4.31. The van der Waals surface area contributed by atoms with Gasteiger partial charge in [0.25, 0.3) is 11.8 Å². The molecule has 0 saturated carbocycles. The number of rotatable bonds is 6. The molecule has 28 heavy (non-hydrogen) atoms. The highest BCUT2D eigenvalue weighted by atomic mass is 32.2. The van der Waals surface area contributed by atoms with Crippen LogP contribution in [0.5, 0.6) is 0 Å². The first kappa shape index (κ1) is 20.6. The molecule has 2 aliphatic heterocycles. The number of ether oxygens (including phenoxy) is 1. The largest absolute Gasteiger partial charge is 0.385 e. The number of hydrogen-bond acceptors (Lipinski definition) is 7. The zero-order valence-electron chi connectivity index (χ0n) is 15.5. The molecule has 1 aromatic rings. The maximum atomic E-state index is 13.7. The number of pyridine rings is 1. The van der Waals surface area contributed by atoms with E-state index in [0.29, 0.717) is 19.6 Å². The van der Waals surface area contributed by atoms with Crippen LogP contribution in [0.4, 0.5) is 4.39 Å². The summed E-state index contributed by atoms with van der Waals surface area (Å²) in [6, 6.07) is 1.50. The summed E-state index contributed by atoms with van der Waals surface area (Å²) in [7, 11) is -2.17. The van der Waals surface area contributed by atoms with E-state index in [2.05, 4.69) is 10.3 Å². The molecule has 2 saturated heterocycles. The number of methoxy groups -OCH3 is 1. The number of carbonyl (C=O) groups excluding carboxylic acids is 2. The summed E-state index contributed by atoms with van der Waals surface area (Å²) in [4.78, 5) is 30.7. The van der Waals surface area contributed by atoms with Gasteiger partial charge in [0.1, 0.15) is 0 Å². The van der Waals surface area contributed by atoms with Crippen LogP contribution in [-0.2, 0) is 19.6 Å². The topological polar surface area (TPSA) is 109 Å². The first-order valence-electron chi connectivity index (χ1n) is 9.02. The van der Waals surface area contributed by atoms with Crippen LogP contribution in [0.1, 0.15) is 23.3 Å². The lowest BCUT2D eigenvalue weighted by Gasteiger charge is -2.23. The number of amides is 2. The molecule has 1 N–H and O–H groups in total. The van der Waals surface area contributed by atoms with Crippen molar-refractivity contribution in [1.82, 2.24) is 19.5 Å². The normalized spacial score (nSPS) is 24.6. The number of nitrogens with one attached hydrogen (secondary N) is 1. The van der Waals surface area contributed by atoms with E-state index in [4.69, 9.17) is 4.74 Å². The fraction of sp³-hybridized carbons (Fsp3) is 0.588. The second-order valence-electron chi connectivity index (χ2n) is 6.82. The molecule has 0 unspecified atom stereocenters. The van der Waals surface area contributed by atoms with E-state index in [0.717, 1.165) is 10.4 Å². The molecule has 3 rings (SSSR count). The fourth-order valence-corrected chi connectivity index (χ4v) is 5.06. The van der Waals surface area contributed by atoms with Crippen molar-refractivity contribution < 1.29 is 27.1 Å². The van der Waals surface area contributed by atoms with Crippen molar-refractivity contribution in [2.45, 2.75) is 24.9 Å². The molecule has 0 aromatic carbocycles. The summed E-state index contributed by atoms with van der Waals surface area (Å²) in [5.41, 5.74) is -0.306. The molecule has 0 bridgehead atoms. The van der Waals surface area contributed by atoms with Crippen molar-refractivity contribution in [3.8, 4) is 0 Å². The zero-order valence-corrected chi connectivity index (χ0v) is 16.3. The molecule has 11 heteroatoms. The Labute approximate surface area is 162 Å². The lowest BCUT2D eigenvalue weighted by Crippen LogP contribution is -2.44. The fourth-order valence-electron chi connectivity index (χ4n) is 3.57. The van der Waals surface area contributed by atoms with E-state index < -0.39 is 39.7 Å². The van der Waals surface area contributed by atoms with Crippen LogP contribution in [0.2, 0.25) is 0 Å². The SMILES string of the molecule is COCCCN1C(=O)[C@@H]2C[C@H](NC(=O)c3ncccc3F)CN2CCS1(=O)=O. The highest BCUT2D eigenvalue weighted by Gasteiger charge is 2.45. The molecule has 9 nitrogen and oxygen atoms in total. The van der Waals surface area contributed by atoms with E-state index in [-0.39, 0.29) is 31.0 Å². The summed E-state index contributed by atoms with van der Waals surface area (Å²) in [5, 5.41) is 2.70. The summed E-state index contributed by atoms with van der Waals surface area (Å²) in [6.45, 7) is 0.930. The summed E-state index contributed by atoms with van der Waals surface area (Å²) in [5.74, 6) is -2.04. The molecule has 1 aromatic heterocycles. The van der Waals surface area contributed by atoms with Gasteiger partial charge < -0.3 is 10.1 Å². The molecule has 2 aliphatic rings. The summed E-state index contributed by atoms with van der Waals surface area (Å²) in [6.07, 6.45) is 2.00. The van der Waals surface area contributed by atoms with Crippen LogP contribution in [0.15, 0.2) is 18.3 Å².